The van der Waals surface area contributed by atoms with Crippen LogP contribution in [0, 0.1) is 6.92 Å². The Morgan fingerprint density at radius 1 is 1.33 bits per heavy atom. The van der Waals surface area contributed by atoms with Gasteiger partial charge in [0.25, 0.3) is 5.91 Å². The summed E-state index contributed by atoms with van der Waals surface area (Å²) in [6, 6.07) is 7.73. The van der Waals surface area contributed by atoms with Crippen molar-refractivity contribution in [1.82, 2.24) is 19.9 Å². The minimum Gasteiger partial charge on any atom is -0.481 e. The molecule has 1 amide bonds. The Kier molecular flexibility index (Phi) is 7.58. The van der Waals surface area contributed by atoms with Gasteiger partial charge in [-0.3, -0.25) is 9.69 Å². The molecule has 2 heterocycles. The second kappa shape index (κ2) is 9.68. The average Bonchev–Trinajstić information content (AvgIpc) is 3.09. The highest BCUT2D eigenvalue weighted by molar-refractivity contribution is 5.85. The van der Waals surface area contributed by atoms with Gasteiger partial charge in [0.2, 0.25) is 5.89 Å². The number of hydrogen-bond donors (Lipinski definition) is 1. The van der Waals surface area contributed by atoms with Crippen molar-refractivity contribution >= 4 is 18.3 Å². The number of hydrogen-bond acceptors (Lipinski definition) is 7. The average molecular weight is 396 g/mol. The predicted octanol–water partition coefficient (Wildman–Crippen LogP) is 1.37. The summed E-state index contributed by atoms with van der Waals surface area (Å²) in [5.41, 5.74) is 6.58. The van der Waals surface area contributed by atoms with Gasteiger partial charge in [0, 0.05) is 26.2 Å². The number of rotatable bonds is 6. The molecular weight excluding hydrogens is 370 g/mol. The number of benzene rings is 1. The zero-order valence-corrected chi connectivity index (χ0v) is 16.4. The number of nitrogens with two attached hydrogens (primary N) is 1. The first kappa shape index (κ1) is 21.1. The minimum atomic E-state index is -0.507. The van der Waals surface area contributed by atoms with Crippen molar-refractivity contribution in [3.63, 3.8) is 0 Å². The molecule has 9 heteroatoms. The third-order valence-electron chi connectivity index (χ3n) is 4.38. The fraction of sp³-hybridized carbons (Fsp3) is 0.500. The monoisotopic (exact) mass is 395 g/mol. The van der Waals surface area contributed by atoms with E-state index in [0.29, 0.717) is 31.3 Å². The number of piperazine rings is 1. The maximum absolute atomic E-state index is 12.6. The van der Waals surface area contributed by atoms with Crippen LogP contribution in [0.3, 0.4) is 0 Å². The van der Waals surface area contributed by atoms with Gasteiger partial charge >= 0.3 is 0 Å². The number of aryl methyl sites for hydroxylation is 1. The molecule has 0 aliphatic carbocycles. The molecule has 1 saturated heterocycles. The molecular formula is C18H26ClN5O3. The van der Waals surface area contributed by atoms with Crippen molar-refractivity contribution in [2.75, 3.05) is 26.2 Å². The van der Waals surface area contributed by atoms with Crippen LogP contribution >= 0.6 is 12.4 Å². The molecule has 1 aliphatic rings. The van der Waals surface area contributed by atoms with Gasteiger partial charge in [-0.05, 0) is 31.5 Å². The zero-order valence-electron chi connectivity index (χ0n) is 15.6. The number of carbonyl (C=O) groups excluding carboxylic acids is 1. The summed E-state index contributed by atoms with van der Waals surface area (Å²) in [7, 11) is 0. The maximum atomic E-state index is 12.6. The first-order valence-electron chi connectivity index (χ1n) is 8.81. The minimum absolute atomic E-state index is 0. The number of nitrogens with zero attached hydrogens (tertiary/aromatic N) is 4. The SMILES string of the molecule is Cc1cccc(OC(C)C(=O)N2CCN(Cc3noc(CN)n3)CC2)c1.Cl. The molecule has 1 unspecified atom stereocenters. The van der Waals surface area contributed by atoms with Crippen LogP contribution in [0.5, 0.6) is 5.75 Å². The molecule has 3 rings (SSSR count). The molecule has 1 fully saturated rings. The molecule has 148 valence electrons. The normalized spacial score (nSPS) is 15.9. The molecule has 1 aromatic heterocycles. The van der Waals surface area contributed by atoms with Crippen LogP contribution in [0.2, 0.25) is 0 Å². The number of halogens is 1. The Morgan fingerprint density at radius 3 is 2.70 bits per heavy atom. The van der Waals surface area contributed by atoms with Gasteiger partial charge < -0.3 is 19.9 Å². The molecule has 0 radical (unpaired) electrons. The lowest BCUT2D eigenvalue weighted by Crippen LogP contribution is -2.51. The van der Waals surface area contributed by atoms with Crippen LogP contribution in [0.1, 0.15) is 24.2 Å². The summed E-state index contributed by atoms with van der Waals surface area (Å²) in [5.74, 6) is 1.80. The second-order valence-corrected chi connectivity index (χ2v) is 6.49. The quantitative estimate of drug-likeness (QED) is 0.788. The van der Waals surface area contributed by atoms with Crippen molar-refractivity contribution in [1.29, 1.82) is 0 Å². The van der Waals surface area contributed by atoms with Crippen LogP contribution in [-0.4, -0.2) is 58.1 Å². The molecule has 1 aromatic carbocycles. The Labute approximate surface area is 165 Å². The molecule has 1 aliphatic heterocycles. The Bertz CT molecular complexity index is 746. The lowest BCUT2D eigenvalue weighted by molar-refractivity contribution is -0.139. The summed E-state index contributed by atoms with van der Waals surface area (Å²) in [6.07, 6.45) is -0.507. The standard InChI is InChI=1S/C18H25N5O3.ClH/c1-13-4-3-5-15(10-13)25-14(2)18(24)23-8-6-22(7-9-23)12-16-20-17(11-19)26-21-16;/h3-5,10,14H,6-9,11-12,19H2,1-2H3;1H. The summed E-state index contributed by atoms with van der Waals surface area (Å²) in [4.78, 5) is 20.9. The van der Waals surface area contributed by atoms with Crippen molar-refractivity contribution in [3.8, 4) is 5.75 Å². The molecule has 27 heavy (non-hydrogen) atoms. The first-order valence-corrected chi connectivity index (χ1v) is 8.81. The number of aromatic nitrogens is 2. The third kappa shape index (κ3) is 5.66. The Hall–Kier alpha value is -2.16. The van der Waals surface area contributed by atoms with E-state index in [1.165, 1.54) is 0 Å². The predicted molar refractivity (Wildman–Crippen MR) is 103 cm³/mol. The molecule has 2 N–H and O–H groups in total. The summed E-state index contributed by atoms with van der Waals surface area (Å²) in [6.45, 7) is 7.47. The molecule has 1 atom stereocenters. The van der Waals surface area contributed by atoms with E-state index in [1.807, 2.05) is 36.1 Å². The van der Waals surface area contributed by atoms with Gasteiger partial charge in [-0.15, -0.1) is 12.4 Å². The van der Waals surface area contributed by atoms with Crippen molar-refractivity contribution in [3.05, 3.63) is 41.5 Å². The van der Waals surface area contributed by atoms with Crippen LogP contribution in [0.4, 0.5) is 0 Å². The molecule has 8 nitrogen and oxygen atoms in total. The fourth-order valence-corrected chi connectivity index (χ4v) is 2.96. The second-order valence-electron chi connectivity index (χ2n) is 6.49. The largest absolute Gasteiger partial charge is 0.481 e. The Morgan fingerprint density at radius 2 is 2.07 bits per heavy atom. The van der Waals surface area contributed by atoms with Gasteiger partial charge in [-0.2, -0.15) is 4.98 Å². The van der Waals surface area contributed by atoms with E-state index in [9.17, 15) is 4.79 Å². The Balaban J connectivity index is 0.00000261. The van der Waals surface area contributed by atoms with Crippen LogP contribution < -0.4 is 10.5 Å². The van der Waals surface area contributed by atoms with Crippen molar-refractivity contribution in [2.24, 2.45) is 5.73 Å². The van der Waals surface area contributed by atoms with Gasteiger partial charge in [-0.1, -0.05) is 17.3 Å². The first-order chi connectivity index (χ1) is 12.5. The van der Waals surface area contributed by atoms with Crippen LogP contribution in [-0.2, 0) is 17.9 Å². The highest BCUT2D eigenvalue weighted by Gasteiger charge is 2.26. The lowest BCUT2D eigenvalue weighted by Gasteiger charge is -2.35. The summed E-state index contributed by atoms with van der Waals surface area (Å²) >= 11 is 0. The molecule has 0 saturated carbocycles. The lowest BCUT2D eigenvalue weighted by atomic mass is 10.2. The van der Waals surface area contributed by atoms with E-state index in [2.05, 4.69) is 15.0 Å². The maximum Gasteiger partial charge on any atom is 0.263 e. The van der Waals surface area contributed by atoms with E-state index >= 15 is 0 Å². The number of amides is 1. The van der Waals surface area contributed by atoms with E-state index in [1.54, 1.807) is 6.92 Å². The zero-order chi connectivity index (χ0) is 18.5. The topological polar surface area (TPSA) is 97.7 Å². The van der Waals surface area contributed by atoms with Crippen LogP contribution in [0.25, 0.3) is 0 Å². The van der Waals surface area contributed by atoms with Gasteiger partial charge in [0.15, 0.2) is 11.9 Å². The smallest absolute Gasteiger partial charge is 0.263 e. The van der Waals surface area contributed by atoms with E-state index in [4.69, 9.17) is 15.0 Å². The van der Waals surface area contributed by atoms with E-state index in [0.717, 1.165) is 24.4 Å². The summed E-state index contributed by atoms with van der Waals surface area (Å²) < 4.78 is 10.8. The van der Waals surface area contributed by atoms with Gasteiger partial charge in [0.1, 0.15) is 5.75 Å². The molecule has 0 spiro atoms. The highest BCUT2D eigenvalue weighted by atomic mass is 35.5. The van der Waals surface area contributed by atoms with Crippen LogP contribution in [0.15, 0.2) is 28.8 Å². The van der Waals surface area contributed by atoms with Gasteiger partial charge in [0.05, 0.1) is 13.1 Å². The molecule has 0 bridgehead atoms. The third-order valence-corrected chi connectivity index (χ3v) is 4.38. The van der Waals surface area contributed by atoms with E-state index < -0.39 is 6.10 Å². The number of ether oxygens (including phenoxy) is 1. The van der Waals surface area contributed by atoms with Crippen molar-refractivity contribution < 1.29 is 14.1 Å². The number of carbonyl (C=O) groups is 1. The van der Waals surface area contributed by atoms with Gasteiger partial charge in [-0.25, -0.2) is 0 Å². The fourth-order valence-electron chi connectivity index (χ4n) is 2.96. The van der Waals surface area contributed by atoms with Crippen molar-refractivity contribution in [2.45, 2.75) is 33.0 Å². The molecule has 2 aromatic rings. The summed E-state index contributed by atoms with van der Waals surface area (Å²) in [5, 5.41) is 3.91. The highest BCUT2D eigenvalue weighted by Crippen LogP contribution is 2.16. The van der Waals surface area contributed by atoms with E-state index in [-0.39, 0.29) is 24.9 Å².